The van der Waals surface area contributed by atoms with Crippen molar-refractivity contribution in [1.82, 2.24) is 4.57 Å². The summed E-state index contributed by atoms with van der Waals surface area (Å²) in [4.78, 5) is 31.3. The number of aromatic nitrogens is 1. The van der Waals surface area contributed by atoms with E-state index in [4.69, 9.17) is 27.9 Å². The van der Waals surface area contributed by atoms with Crippen molar-refractivity contribution in [3.05, 3.63) is 101 Å². The summed E-state index contributed by atoms with van der Waals surface area (Å²) in [5.74, 6) is -0.517. The van der Waals surface area contributed by atoms with Crippen LogP contribution in [0.2, 0.25) is 10.0 Å². The van der Waals surface area contributed by atoms with Crippen LogP contribution in [0.1, 0.15) is 31.0 Å². The Kier molecular flexibility index (Phi) is 6.14. The first kappa shape index (κ1) is 21.6. The molecule has 8 heteroatoms. The molecule has 1 unspecified atom stereocenters. The highest BCUT2D eigenvalue weighted by Gasteiger charge is 2.33. The maximum Gasteiger partial charge on any atom is 0.338 e. The van der Waals surface area contributed by atoms with Crippen LogP contribution in [0.5, 0.6) is 0 Å². The van der Waals surface area contributed by atoms with Crippen LogP contribution >= 0.6 is 34.5 Å². The van der Waals surface area contributed by atoms with Crippen LogP contribution in [0, 0.1) is 0 Å². The van der Waals surface area contributed by atoms with Gasteiger partial charge in [0.25, 0.3) is 5.56 Å². The monoisotopic (exact) mass is 472 g/mol. The van der Waals surface area contributed by atoms with E-state index in [-0.39, 0.29) is 12.2 Å². The van der Waals surface area contributed by atoms with Crippen molar-refractivity contribution in [3.8, 4) is 0 Å². The zero-order valence-corrected chi connectivity index (χ0v) is 19.1. The number of benzene rings is 2. The molecule has 2 heterocycles. The summed E-state index contributed by atoms with van der Waals surface area (Å²) in [7, 11) is 0. The molecule has 1 atom stereocenters. The number of nitrogens with zero attached hydrogens (tertiary/aromatic N) is 2. The lowest BCUT2D eigenvalue weighted by Gasteiger charge is -2.25. The third-order valence-corrected chi connectivity index (χ3v) is 6.60. The van der Waals surface area contributed by atoms with Gasteiger partial charge in [-0.2, -0.15) is 0 Å². The predicted molar refractivity (Wildman–Crippen MR) is 123 cm³/mol. The highest BCUT2D eigenvalue weighted by Crippen LogP contribution is 2.33. The molecule has 158 valence electrons. The number of esters is 1. The molecule has 0 aliphatic carbocycles. The Hall–Kier alpha value is -2.67. The van der Waals surface area contributed by atoms with Crippen LogP contribution in [0.4, 0.5) is 0 Å². The summed E-state index contributed by atoms with van der Waals surface area (Å²) in [5.41, 5.74) is 2.12. The van der Waals surface area contributed by atoms with E-state index in [1.54, 1.807) is 32.0 Å². The topological polar surface area (TPSA) is 60.7 Å². The largest absolute Gasteiger partial charge is 0.463 e. The van der Waals surface area contributed by atoms with Gasteiger partial charge in [0.05, 0.1) is 38.5 Å². The highest BCUT2D eigenvalue weighted by atomic mass is 35.5. The van der Waals surface area contributed by atoms with Crippen molar-refractivity contribution in [2.75, 3.05) is 6.61 Å². The molecular formula is C23H18Cl2N2O3S. The molecule has 0 amide bonds. The van der Waals surface area contributed by atoms with E-state index in [0.29, 0.717) is 36.2 Å². The van der Waals surface area contributed by atoms with Gasteiger partial charge in [-0.3, -0.25) is 9.36 Å². The summed E-state index contributed by atoms with van der Waals surface area (Å²) in [5, 5.41) is 0.726. The quantitative estimate of drug-likeness (QED) is 0.536. The standard InChI is InChI=1S/C23H18Cl2N2O3S/c1-3-30-22(29)19-13(2)26-23-27(20(19)15-9-10-16(24)17(25)12-15)21(28)18(31-23)11-14-7-5-4-6-8-14/h4-12,20H,3H2,1-2H3/b18-11-. The van der Waals surface area contributed by atoms with Crippen molar-refractivity contribution in [1.29, 1.82) is 0 Å². The molecule has 5 nitrogen and oxygen atoms in total. The Morgan fingerprint density at radius 1 is 1.19 bits per heavy atom. The van der Waals surface area contributed by atoms with Gasteiger partial charge < -0.3 is 4.74 Å². The van der Waals surface area contributed by atoms with E-state index in [0.717, 1.165) is 5.56 Å². The number of rotatable bonds is 4. The fourth-order valence-electron chi connectivity index (χ4n) is 3.49. The molecule has 0 radical (unpaired) electrons. The molecule has 0 N–H and O–H groups in total. The van der Waals surface area contributed by atoms with Gasteiger partial charge in [0.15, 0.2) is 4.80 Å². The fraction of sp³-hybridized carbons (Fsp3) is 0.174. The normalized spacial score (nSPS) is 16.1. The second-order valence-corrected chi connectivity index (χ2v) is 8.71. The summed E-state index contributed by atoms with van der Waals surface area (Å²) in [6.07, 6.45) is 1.82. The zero-order chi connectivity index (χ0) is 22.1. The van der Waals surface area contributed by atoms with Crippen molar-refractivity contribution in [3.63, 3.8) is 0 Å². The minimum absolute atomic E-state index is 0.210. The smallest absolute Gasteiger partial charge is 0.338 e. The second-order valence-electron chi connectivity index (χ2n) is 6.89. The first-order valence-electron chi connectivity index (χ1n) is 9.60. The summed E-state index contributed by atoms with van der Waals surface area (Å²) < 4.78 is 7.33. The molecule has 0 saturated heterocycles. The maximum absolute atomic E-state index is 13.4. The average molecular weight is 473 g/mol. The van der Waals surface area contributed by atoms with Crippen LogP contribution in [0.15, 0.2) is 69.6 Å². The maximum atomic E-state index is 13.4. The van der Waals surface area contributed by atoms with E-state index >= 15 is 0 Å². The molecule has 1 aromatic heterocycles. The van der Waals surface area contributed by atoms with Gasteiger partial charge in [-0.1, -0.05) is 70.9 Å². The number of hydrogen-bond acceptors (Lipinski definition) is 5. The molecular weight excluding hydrogens is 455 g/mol. The van der Waals surface area contributed by atoms with Gasteiger partial charge >= 0.3 is 5.97 Å². The Morgan fingerprint density at radius 2 is 1.94 bits per heavy atom. The molecule has 0 fully saturated rings. The number of ether oxygens (including phenoxy) is 1. The van der Waals surface area contributed by atoms with Gasteiger partial charge in [-0.25, -0.2) is 9.79 Å². The second kappa shape index (κ2) is 8.83. The van der Waals surface area contributed by atoms with Crippen LogP contribution in [-0.2, 0) is 9.53 Å². The number of fused-ring (bicyclic) bond motifs is 1. The summed E-state index contributed by atoms with van der Waals surface area (Å²) in [6, 6.07) is 13.9. The number of halogens is 2. The van der Waals surface area contributed by atoms with E-state index in [9.17, 15) is 9.59 Å². The Morgan fingerprint density at radius 3 is 2.61 bits per heavy atom. The lowest BCUT2D eigenvalue weighted by Crippen LogP contribution is -2.39. The first-order chi connectivity index (χ1) is 14.9. The number of allylic oxidation sites excluding steroid dienone is 1. The van der Waals surface area contributed by atoms with Gasteiger partial charge in [0.1, 0.15) is 0 Å². The molecule has 1 aliphatic rings. The molecule has 31 heavy (non-hydrogen) atoms. The van der Waals surface area contributed by atoms with Crippen molar-refractivity contribution in [2.24, 2.45) is 4.99 Å². The molecule has 1 aliphatic heterocycles. The van der Waals surface area contributed by atoms with Gasteiger partial charge in [0, 0.05) is 0 Å². The number of carbonyl (C=O) groups is 1. The molecule has 2 aromatic carbocycles. The third-order valence-electron chi connectivity index (χ3n) is 4.87. The Balaban J connectivity index is 1.98. The van der Waals surface area contributed by atoms with Gasteiger partial charge in [-0.05, 0) is 43.2 Å². The number of thiazole rings is 1. The molecule has 4 rings (SSSR count). The van der Waals surface area contributed by atoms with Crippen LogP contribution < -0.4 is 14.9 Å². The van der Waals surface area contributed by atoms with Gasteiger partial charge in [-0.15, -0.1) is 0 Å². The minimum atomic E-state index is -0.719. The lowest BCUT2D eigenvalue weighted by atomic mass is 9.96. The first-order valence-corrected chi connectivity index (χ1v) is 11.2. The van der Waals surface area contributed by atoms with Crippen LogP contribution in [-0.4, -0.2) is 17.1 Å². The van der Waals surface area contributed by atoms with Crippen LogP contribution in [0.3, 0.4) is 0 Å². The fourth-order valence-corrected chi connectivity index (χ4v) is 4.84. The van der Waals surface area contributed by atoms with E-state index in [1.807, 2.05) is 36.4 Å². The predicted octanol–water partition coefficient (Wildman–Crippen LogP) is 4.11. The average Bonchev–Trinajstić information content (AvgIpc) is 3.04. The van der Waals surface area contributed by atoms with Crippen molar-refractivity contribution >= 4 is 46.6 Å². The van der Waals surface area contributed by atoms with Crippen LogP contribution in [0.25, 0.3) is 6.08 Å². The SMILES string of the molecule is CCOC(=O)C1=C(C)N=c2s/c(=C\c3ccccc3)c(=O)n2C1c1ccc(Cl)c(Cl)c1. The van der Waals surface area contributed by atoms with E-state index in [1.165, 1.54) is 15.9 Å². The molecule has 0 spiro atoms. The third kappa shape index (κ3) is 4.11. The number of hydrogen-bond donors (Lipinski definition) is 0. The van der Waals surface area contributed by atoms with Gasteiger partial charge in [0.2, 0.25) is 0 Å². The van der Waals surface area contributed by atoms with Crippen molar-refractivity contribution < 1.29 is 9.53 Å². The molecule has 3 aromatic rings. The summed E-state index contributed by atoms with van der Waals surface area (Å²) in [6.45, 7) is 3.68. The minimum Gasteiger partial charge on any atom is -0.463 e. The zero-order valence-electron chi connectivity index (χ0n) is 16.8. The molecule has 0 bridgehead atoms. The lowest BCUT2D eigenvalue weighted by molar-refractivity contribution is -0.139. The Bertz CT molecular complexity index is 1370. The molecule has 0 saturated carbocycles. The highest BCUT2D eigenvalue weighted by molar-refractivity contribution is 7.07. The van der Waals surface area contributed by atoms with Crippen molar-refractivity contribution in [2.45, 2.75) is 19.9 Å². The van der Waals surface area contributed by atoms with E-state index in [2.05, 4.69) is 4.99 Å². The Labute approximate surface area is 192 Å². The summed E-state index contributed by atoms with van der Waals surface area (Å²) >= 11 is 13.6. The van der Waals surface area contributed by atoms with E-state index < -0.39 is 12.0 Å². The number of carbonyl (C=O) groups excluding carboxylic acids is 1.